The number of hydrogen-bond donors (Lipinski definition) is 3. The Kier molecular flexibility index (Phi) is 7.79. The summed E-state index contributed by atoms with van der Waals surface area (Å²) in [6.07, 6.45) is 0. The van der Waals surface area contributed by atoms with Gasteiger partial charge in [0.25, 0.3) is 0 Å². The molecule has 0 aliphatic rings. The van der Waals surface area contributed by atoms with Gasteiger partial charge < -0.3 is 25.1 Å². The molecule has 0 radical (unpaired) electrons. The molecule has 0 amide bonds. The number of halogens is 1. The third-order valence-electron chi connectivity index (χ3n) is 4.98. The third kappa shape index (κ3) is 5.61. The minimum absolute atomic E-state index is 0.104. The number of nitrogens with zero attached hydrogens (tertiary/aromatic N) is 2. The van der Waals surface area contributed by atoms with Crippen LogP contribution in [0.2, 0.25) is 5.02 Å². The quantitative estimate of drug-likeness (QED) is 0.293. The van der Waals surface area contributed by atoms with Crippen molar-refractivity contribution in [2.75, 3.05) is 24.6 Å². The highest BCUT2D eigenvalue weighted by Crippen LogP contribution is 2.39. The second-order valence-electron chi connectivity index (χ2n) is 8.10. The summed E-state index contributed by atoms with van der Waals surface area (Å²) in [4.78, 5) is 13.2. The predicted molar refractivity (Wildman–Crippen MR) is 123 cm³/mol. The summed E-state index contributed by atoms with van der Waals surface area (Å²) in [5, 5.41) is 32.4. The molecule has 0 bridgehead atoms. The summed E-state index contributed by atoms with van der Waals surface area (Å²) in [5.74, 6) is -1.40. The Morgan fingerprint density at radius 1 is 1.16 bits per heavy atom. The van der Waals surface area contributed by atoms with Crippen molar-refractivity contribution >= 4 is 29.0 Å². The zero-order valence-corrected chi connectivity index (χ0v) is 19.2. The van der Waals surface area contributed by atoms with Gasteiger partial charge in [0.05, 0.1) is 10.7 Å². The maximum atomic E-state index is 11.0. The number of carbonyl (C=O) groups is 1. The van der Waals surface area contributed by atoms with E-state index in [1.807, 2.05) is 6.07 Å². The lowest BCUT2D eigenvalue weighted by Crippen LogP contribution is -2.27. The SMILES string of the molecule is CCN(CC)c1c(Cl)cc(C(COc2ccc(C(=O)O)c(O)c2)=NO)cc1C(C)(C)C. The first-order valence-corrected chi connectivity index (χ1v) is 10.4. The highest BCUT2D eigenvalue weighted by atomic mass is 35.5. The molecule has 0 saturated heterocycles. The zero-order valence-electron chi connectivity index (χ0n) is 18.4. The van der Waals surface area contributed by atoms with Crippen LogP contribution in [0.15, 0.2) is 35.5 Å². The first-order valence-electron chi connectivity index (χ1n) is 10.0. The van der Waals surface area contributed by atoms with Crippen LogP contribution in [0.3, 0.4) is 0 Å². The Hall–Kier alpha value is -2.93. The molecule has 168 valence electrons. The lowest BCUT2D eigenvalue weighted by atomic mass is 9.84. The lowest BCUT2D eigenvalue weighted by molar-refractivity contribution is 0.0693. The van der Waals surface area contributed by atoms with Crippen molar-refractivity contribution in [3.8, 4) is 11.5 Å². The number of benzene rings is 2. The number of phenols is 1. The number of ether oxygens (including phenoxy) is 1. The van der Waals surface area contributed by atoms with Crippen LogP contribution in [0.4, 0.5) is 5.69 Å². The van der Waals surface area contributed by atoms with Gasteiger partial charge in [0.15, 0.2) is 0 Å². The number of aromatic hydroxyl groups is 1. The molecule has 0 fully saturated rings. The number of carboxylic acids is 1. The van der Waals surface area contributed by atoms with Crippen LogP contribution < -0.4 is 9.64 Å². The first-order chi connectivity index (χ1) is 14.5. The summed E-state index contributed by atoms with van der Waals surface area (Å²) in [6, 6.07) is 7.57. The monoisotopic (exact) mass is 448 g/mol. The molecule has 0 heterocycles. The molecule has 0 aliphatic carbocycles. The van der Waals surface area contributed by atoms with E-state index in [0.29, 0.717) is 10.6 Å². The van der Waals surface area contributed by atoms with Gasteiger partial charge >= 0.3 is 5.97 Å². The van der Waals surface area contributed by atoms with Gasteiger partial charge in [-0.2, -0.15) is 0 Å². The minimum atomic E-state index is -1.24. The summed E-state index contributed by atoms with van der Waals surface area (Å²) in [7, 11) is 0. The molecule has 0 aliphatic heterocycles. The Bertz CT molecular complexity index is 979. The standard InChI is InChI=1S/C23H29ClN2O5/c1-6-26(7-2)21-17(23(3,4)5)10-14(11-18(21)24)19(25-30)13-31-15-8-9-16(22(28)29)20(27)12-15/h8-12,27,30H,6-7,13H2,1-5H3,(H,28,29). The lowest BCUT2D eigenvalue weighted by Gasteiger charge is -2.31. The average Bonchev–Trinajstić information content (AvgIpc) is 2.69. The maximum absolute atomic E-state index is 11.0. The average molecular weight is 449 g/mol. The highest BCUT2D eigenvalue weighted by Gasteiger charge is 2.25. The molecule has 2 rings (SSSR count). The predicted octanol–water partition coefficient (Wildman–Crippen LogP) is 5.14. The van der Waals surface area contributed by atoms with Crippen LogP contribution in [0.5, 0.6) is 11.5 Å². The molecular formula is C23H29ClN2O5. The number of carboxylic acid groups (broad SMARTS) is 1. The smallest absolute Gasteiger partial charge is 0.339 e. The molecule has 8 heteroatoms. The molecule has 0 atom stereocenters. The number of oxime groups is 1. The van der Waals surface area contributed by atoms with E-state index >= 15 is 0 Å². The molecule has 2 aromatic carbocycles. The minimum Gasteiger partial charge on any atom is -0.507 e. The van der Waals surface area contributed by atoms with Crippen molar-refractivity contribution < 1.29 is 25.0 Å². The molecule has 7 nitrogen and oxygen atoms in total. The van der Waals surface area contributed by atoms with Gasteiger partial charge in [0.2, 0.25) is 0 Å². The molecule has 0 spiro atoms. The summed E-state index contributed by atoms with van der Waals surface area (Å²) in [5.41, 5.74) is 2.40. The number of anilines is 1. The van der Waals surface area contributed by atoms with E-state index in [2.05, 4.69) is 44.7 Å². The van der Waals surface area contributed by atoms with E-state index < -0.39 is 11.7 Å². The van der Waals surface area contributed by atoms with E-state index in [0.717, 1.165) is 24.3 Å². The van der Waals surface area contributed by atoms with Gasteiger partial charge in [-0.05, 0) is 49.1 Å². The third-order valence-corrected chi connectivity index (χ3v) is 5.27. The normalized spacial score (nSPS) is 12.0. The van der Waals surface area contributed by atoms with E-state index in [-0.39, 0.29) is 29.0 Å². The van der Waals surface area contributed by atoms with Crippen LogP contribution in [0, 0.1) is 0 Å². The van der Waals surface area contributed by atoms with E-state index in [1.165, 1.54) is 18.2 Å². The topological polar surface area (TPSA) is 103 Å². The molecule has 31 heavy (non-hydrogen) atoms. The van der Waals surface area contributed by atoms with Crippen molar-refractivity contribution in [2.24, 2.45) is 5.16 Å². The van der Waals surface area contributed by atoms with E-state index in [1.54, 1.807) is 6.07 Å². The van der Waals surface area contributed by atoms with Gasteiger partial charge in [-0.25, -0.2) is 4.79 Å². The number of rotatable bonds is 8. The van der Waals surface area contributed by atoms with Crippen LogP contribution >= 0.6 is 11.6 Å². The summed E-state index contributed by atoms with van der Waals surface area (Å²) < 4.78 is 5.62. The zero-order chi connectivity index (χ0) is 23.3. The van der Waals surface area contributed by atoms with Crippen molar-refractivity contribution in [3.63, 3.8) is 0 Å². The summed E-state index contributed by atoms with van der Waals surface area (Å²) >= 11 is 6.67. The second kappa shape index (κ2) is 9.92. The van der Waals surface area contributed by atoms with E-state index in [4.69, 9.17) is 21.4 Å². The van der Waals surface area contributed by atoms with Crippen LogP contribution in [0.1, 0.15) is 56.1 Å². The fourth-order valence-corrected chi connectivity index (χ4v) is 3.64. The van der Waals surface area contributed by atoms with Crippen molar-refractivity contribution in [3.05, 3.63) is 52.0 Å². The molecule has 0 unspecified atom stereocenters. The van der Waals surface area contributed by atoms with Crippen LogP contribution in [0.25, 0.3) is 0 Å². The summed E-state index contributed by atoms with van der Waals surface area (Å²) in [6.45, 7) is 11.9. The Morgan fingerprint density at radius 2 is 1.81 bits per heavy atom. The van der Waals surface area contributed by atoms with Gasteiger partial charge in [0, 0.05) is 24.7 Å². The Morgan fingerprint density at radius 3 is 2.29 bits per heavy atom. The second-order valence-corrected chi connectivity index (χ2v) is 8.50. The fourth-order valence-electron chi connectivity index (χ4n) is 3.30. The molecule has 0 aromatic heterocycles. The van der Waals surface area contributed by atoms with Gasteiger partial charge in [-0.15, -0.1) is 0 Å². The van der Waals surface area contributed by atoms with Crippen LogP contribution in [-0.2, 0) is 5.41 Å². The molecule has 3 N–H and O–H groups in total. The first kappa shape index (κ1) is 24.3. The number of hydrogen-bond acceptors (Lipinski definition) is 6. The fraction of sp³-hybridized carbons (Fsp3) is 0.391. The maximum Gasteiger partial charge on any atom is 0.339 e. The molecular weight excluding hydrogens is 420 g/mol. The van der Waals surface area contributed by atoms with E-state index in [9.17, 15) is 15.1 Å². The van der Waals surface area contributed by atoms with Gasteiger partial charge in [-0.1, -0.05) is 37.5 Å². The van der Waals surface area contributed by atoms with Crippen LogP contribution in [-0.4, -0.2) is 46.8 Å². The Balaban J connectivity index is 2.38. The van der Waals surface area contributed by atoms with Crippen molar-refractivity contribution in [1.82, 2.24) is 0 Å². The Labute approximate surface area is 187 Å². The van der Waals surface area contributed by atoms with Gasteiger partial charge in [-0.3, -0.25) is 0 Å². The molecule has 2 aromatic rings. The molecule has 0 saturated carbocycles. The highest BCUT2D eigenvalue weighted by molar-refractivity contribution is 6.34. The van der Waals surface area contributed by atoms with Crippen molar-refractivity contribution in [1.29, 1.82) is 0 Å². The number of aromatic carboxylic acids is 1. The van der Waals surface area contributed by atoms with Gasteiger partial charge in [0.1, 0.15) is 29.4 Å². The largest absolute Gasteiger partial charge is 0.507 e. The van der Waals surface area contributed by atoms with Crippen molar-refractivity contribution in [2.45, 2.75) is 40.0 Å².